The van der Waals surface area contributed by atoms with E-state index in [0.29, 0.717) is 42.6 Å². The molecule has 1 fully saturated rings. The van der Waals surface area contributed by atoms with Gasteiger partial charge in [-0.2, -0.15) is 0 Å². The maximum Gasteiger partial charge on any atom is 0.223 e. The minimum absolute atomic E-state index is 0.177. The summed E-state index contributed by atoms with van der Waals surface area (Å²) in [4.78, 5) is 30.3. The Balaban J connectivity index is 1.34. The number of piperazine rings is 1. The van der Waals surface area contributed by atoms with Crippen molar-refractivity contribution in [2.75, 3.05) is 36.4 Å². The number of carbonyl (C=O) groups is 1. The quantitative estimate of drug-likeness (QED) is 0.607. The maximum absolute atomic E-state index is 12.7. The molecule has 1 aliphatic rings. The Hall–Kier alpha value is -3.19. The van der Waals surface area contributed by atoms with E-state index >= 15 is 0 Å². The van der Waals surface area contributed by atoms with Gasteiger partial charge < -0.3 is 15.1 Å². The lowest BCUT2D eigenvalue weighted by Gasteiger charge is -2.35. The lowest BCUT2D eigenvalue weighted by molar-refractivity contribution is -0.131. The largest absolute Gasteiger partial charge is 0.353 e. The zero-order valence-electron chi connectivity index (χ0n) is 18.4. The average Bonchev–Trinajstić information content (AvgIpc) is 2.77. The molecule has 1 N–H and O–H groups in total. The molecule has 1 aliphatic heterocycles. The number of aromatic nitrogens is 3. The molecule has 0 saturated carbocycles. The van der Waals surface area contributed by atoms with Crippen LogP contribution < -0.4 is 10.2 Å². The summed E-state index contributed by atoms with van der Waals surface area (Å²) in [5.41, 5.74) is 2.22. The van der Waals surface area contributed by atoms with E-state index in [9.17, 15) is 4.79 Å². The summed E-state index contributed by atoms with van der Waals surface area (Å²) in [5, 5.41) is 3.97. The van der Waals surface area contributed by atoms with Crippen LogP contribution in [0.4, 0.5) is 17.5 Å². The van der Waals surface area contributed by atoms with Crippen molar-refractivity contribution in [1.82, 2.24) is 19.9 Å². The lowest BCUT2D eigenvalue weighted by atomic mass is 10.1. The molecular weight excluding hydrogens is 424 g/mol. The molecule has 3 heterocycles. The molecule has 0 radical (unpaired) electrons. The second-order valence-corrected chi connectivity index (χ2v) is 8.44. The van der Waals surface area contributed by atoms with Crippen molar-refractivity contribution in [2.24, 2.45) is 0 Å². The summed E-state index contributed by atoms with van der Waals surface area (Å²) in [6.07, 6.45) is 2.96. The van der Waals surface area contributed by atoms with E-state index in [-0.39, 0.29) is 5.91 Å². The first-order valence-corrected chi connectivity index (χ1v) is 11.2. The van der Waals surface area contributed by atoms with Crippen LogP contribution in [0.1, 0.15) is 23.4 Å². The molecule has 0 atom stereocenters. The smallest absolute Gasteiger partial charge is 0.223 e. The molecule has 166 valence electrons. The number of aryl methyl sites for hydroxylation is 3. The fourth-order valence-corrected chi connectivity index (χ4v) is 4.01. The van der Waals surface area contributed by atoms with Crippen molar-refractivity contribution in [3.05, 3.63) is 70.6 Å². The number of anilines is 3. The van der Waals surface area contributed by atoms with E-state index in [4.69, 9.17) is 11.6 Å². The fraction of sp³-hybridized carbons (Fsp3) is 0.333. The lowest BCUT2D eigenvalue weighted by Crippen LogP contribution is -2.49. The monoisotopic (exact) mass is 450 g/mol. The van der Waals surface area contributed by atoms with Crippen molar-refractivity contribution < 1.29 is 4.79 Å². The Labute approximate surface area is 193 Å². The normalized spacial score (nSPS) is 13.8. The zero-order valence-corrected chi connectivity index (χ0v) is 19.1. The highest BCUT2D eigenvalue weighted by Gasteiger charge is 2.22. The standard InChI is InChI=1S/C24H27ClN6O/c1-17-8-9-26-21(14-17)29-22-16-23(28-18(2)27-22)30-10-12-31(13-11-30)24(32)7-6-19-4-3-5-20(25)15-19/h3-5,8-9,14-16H,6-7,10-13H2,1-2H3,(H,26,27,28,29). The summed E-state index contributed by atoms with van der Waals surface area (Å²) >= 11 is 6.04. The van der Waals surface area contributed by atoms with Crippen molar-refractivity contribution in [3.8, 4) is 0 Å². The van der Waals surface area contributed by atoms with Crippen LogP contribution in [0.15, 0.2) is 48.7 Å². The van der Waals surface area contributed by atoms with E-state index in [2.05, 4.69) is 25.2 Å². The summed E-state index contributed by atoms with van der Waals surface area (Å²) in [6.45, 7) is 6.75. The van der Waals surface area contributed by atoms with Gasteiger partial charge >= 0.3 is 0 Å². The first kappa shape index (κ1) is 22.0. The van der Waals surface area contributed by atoms with Gasteiger partial charge in [-0.25, -0.2) is 15.0 Å². The van der Waals surface area contributed by atoms with E-state index in [1.54, 1.807) is 6.20 Å². The first-order chi connectivity index (χ1) is 15.5. The van der Waals surface area contributed by atoms with Crippen LogP contribution in [0.2, 0.25) is 5.02 Å². The molecule has 8 heteroatoms. The van der Waals surface area contributed by atoms with Crippen molar-refractivity contribution >= 4 is 35.0 Å². The molecule has 2 aromatic heterocycles. The molecule has 1 saturated heterocycles. The zero-order chi connectivity index (χ0) is 22.5. The Kier molecular flexibility index (Phi) is 6.85. The average molecular weight is 451 g/mol. The van der Waals surface area contributed by atoms with Gasteiger partial charge in [-0.3, -0.25) is 4.79 Å². The number of pyridine rings is 1. The summed E-state index contributed by atoms with van der Waals surface area (Å²) in [6, 6.07) is 13.6. The number of hydrogen-bond acceptors (Lipinski definition) is 6. The minimum Gasteiger partial charge on any atom is -0.353 e. The molecule has 32 heavy (non-hydrogen) atoms. The Morgan fingerprint density at radius 2 is 1.84 bits per heavy atom. The molecule has 0 bridgehead atoms. The Morgan fingerprint density at radius 1 is 1.03 bits per heavy atom. The van der Waals surface area contributed by atoms with Crippen LogP contribution in [-0.4, -0.2) is 51.9 Å². The summed E-state index contributed by atoms with van der Waals surface area (Å²) in [5.74, 6) is 3.20. The summed E-state index contributed by atoms with van der Waals surface area (Å²) in [7, 11) is 0. The number of halogens is 1. The van der Waals surface area contributed by atoms with Gasteiger partial charge in [-0.15, -0.1) is 0 Å². The third-order valence-corrected chi connectivity index (χ3v) is 5.70. The van der Waals surface area contributed by atoms with Crippen molar-refractivity contribution in [3.63, 3.8) is 0 Å². The molecule has 0 unspecified atom stereocenters. The minimum atomic E-state index is 0.177. The van der Waals surface area contributed by atoms with E-state index in [1.807, 2.05) is 61.2 Å². The molecule has 4 rings (SSSR count). The number of rotatable bonds is 6. The van der Waals surface area contributed by atoms with Crippen molar-refractivity contribution in [2.45, 2.75) is 26.7 Å². The van der Waals surface area contributed by atoms with E-state index in [0.717, 1.165) is 35.9 Å². The number of nitrogens with zero attached hydrogens (tertiary/aromatic N) is 5. The number of carbonyl (C=O) groups excluding carboxylic acids is 1. The molecule has 0 aliphatic carbocycles. The van der Waals surface area contributed by atoms with Gasteiger partial charge in [0.25, 0.3) is 0 Å². The highest BCUT2D eigenvalue weighted by atomic mass is 35.5. The van der Waals surface area contributed by atoms with Gasteiger partial charge in [0.2, 0.25) is 5.91 Å². The Morgan fingerprint density at radius 3 is 2.59 bits per heavy atom. The SMILES string of the molecule is Cc1ccnc(Nc2cc(N3CCN(C(=O)CCc4cccc(Cl)c4)CC3)nc(C)n2)c1. The molecule has 7 nitrogen and oxygen atoms in total. The van der Waals surface area contributed by atoms with Crippen LogP contribution in [0.25, 0.3) is 0 Å². The molecule has 0 spiro atoms. The second-order valence-electron chi connectivity index (χ2n) is 8.00. The second kappa shape index (κ2) is 9.96. The van der Waals surface area contributed by atoms with Crippen LogP contribution >= 0.6 is 11.6 Å². The van der Waals surface area contributed by atoms with Crippen LogP contribution in [0.3, 0.4) is 0 Å². The van der Waals surface area contributed by atoms with Gasteiger partial charge in [-0.05, 0) is 55.7 Å². The third kappa shape index (κ3) is 5.73. The summed E-state index contributed by atoms with van der Waals surface area (Å²) < 4.78 is 0. The van der Waals surface area contributed by atoms with Gasteiger partial charge in [0.1, 0.15) is 23.3 Å². The van der Waals surface area contributed by atoms with E-state index in [1.165, 1.54) is 0 Å². The predicted octanol–water partition coefficient (Wildman–Crippen LogP) is 4.17. The maximum atomic E-state index is 12.7. The Bertz CT molecular complexity index is 1100. The predicted molar refractivity (Wildman–Crippen MR) is 128 cm³/mol. The number of hydrogen-bond donors (Lipinski definition) is 1. The third-order valence-electron chi connectivity index (χ3n) is 5.47. The highest BCUT2D eigenvalue weighted by Crippen LogP contribution is 2.21. The van der Waals surface area contributed by atoms with Crippen molar-refractivity contribution in [1.29, 1.82) is 0 Å². The van der Waals surface area contributed by atoms with Gasteiger partial charge in [-0.1, -0.05) is 23.7 Å². The first-order valence-electron chi connectivity index (χ1n) is 10.8. The van der Waals surface area contributed by atoms with E-state index < -0.39 is 0 Å². The van der Waals surface area contributed by atoms with Crippen LogP contribution in [0, 0.1) is 13.8 Å². The van der Waals surface area contributed by atoms with Gasteiger partial charge in [0.15, 0.2) is 0 Å². The van der Waals surface area contributed by atoms with Crippen LogP contribution in [-0.2, 0) is 11.2 Å². The number of amides is 1. The molecule has 3 aromatic rings. The molecule has 1 aromatic carbocycles. The topological polar surface area (TPSA) is 74.2 Å². The molecule has 1 amide bonds. The molecular formula is C24H27ClN6O. The number of nitrogens with one attached hydrogen (secondary N) is 1. The van der Waals surface area contributed by atoms with Gasteiger partial charge in [0.05, 0.1) is 0 Å². The van der Waals surface area contributed by atoms with Gasteiger partial charge in [0, 0.05) is 49.9 Å². The highest BCUT2D eigenvalue weighted by molar-refractivity contribution is 6.30. The fourth-order valence-electron chi connectivity index (χ4n) is 3.80. The number of benzene rings is 1. The van der Waals surface area contributed by atoms with Crippen LogP contribution in [0.5, 0.6) is 0 Å².